The summed E-state index contributed by atoms with van der Waals surface area (Å²) in [5.41, 5.74) is 6.54. The van der Waals surface area contributed by atoms with Crippen molar-refractivity contribution < 1.29 is 19.4 Å². The molecule has 8 heteroatoms. The normalized spacial score (nSPS) is 13.1. The zero-order valence-electron chi connectivity index (χ0n) is 18.6. The highest BCUT2D eigenvalue weighted by Gasteiger charge is 2.30. The van der Waals surface area contributed by atoms with E-state index in [9.17, 15) is 14.7 Å². The number of rotatable bonds is 7. The molecule has 1 aromatic heterocycles. The minimum absolute atomic E-state index is 0.0357. The number of halogens is 1. The number of carboxylic acids is 1. The topological polar surface area (TPSA) is 104 Å². The van der Waals surface area contributed by atoms with Crippen molar-refractivity contribution in [3.8, 4) is 22.4 Å². The van der Waals surface area contributed by atoms with Crippen LogP contribution in [-0.4, -0.2) is 40.0 Å². The number of alkyl carbamates (subject to hydrolysis) is 1. The van der Waals surface area contributed by atoms with E-state index in [4.69, 9.17) is 16.3 Å². The van der Waals surface area contributed by atoms with Gasteiger partial charge in [0.2, 0.25) is 0 Å². The third-order valence-corrected chi connectivity index (χ3v) is 6.46. The van der Waals surface area contributed by atoms with E-state index in [1.165, 1.54) is 0 Å². The monoisotopic (exact) mass is 487 g/mol. The predicted molar refractivity (Wildman–Crippen MR) is 132 cm³/mol. The van der Waals surface area contributed by atoms with Gasteiger partial charge in [-0.3, -0.25) is 5.10 Å². The van der Waals surface area contributed by atoms with Crippen molar-refractivity contribution in [3.05, 3.63) is 101 Å². The quantitative estimate of drug-likeness (QED) is 0.329. The van der Waals surface area contributed by atoms with Gasteiger partial charge in [0.25, 0.3) is 0 Å². The zero-order chi connectivity index (χ0) is 24.4. The van der Waals surface area contributed by atoms with E-state index in [1.807, 2.05) is 48.5 Å². The second-order valence-corrected chi connectivity index (χ2v) is 8.78. The van der Waals surface area contributed by atoms with E-state index in [0.29, 0.717) is 16.3 Å². The summed E-state index contributed by atoms with van der Waals surface area (Å²) in [5.74, 6) is -1.27. The van der Waals surface area contributed by atoms with Crippen LogP contribution in [-0.2, 0) is 16.0 Å². The van der Waals surface area contributed by atoms with Gasteiger partial charge < -0.3 is 15.2 Å². The van der Waals surface area contributed by atoms with Crippen LogP contribution in [0.25, 0.3) is 22.4 Å². The lowest BCUT2D eigenvalue weighted by Gasteiger charge is -2.17. The van der Waals surface area contributed by atoms with E-state index < -0.39 is 18.1 Å². The second kappa shape index (κ2) is 9.64. The molecule has 1 atom stereocenters. The van der Waals surface area contributed by atoms with Crippen LogP contribution < -0.4 is 5.32 Å². The molecule has 3 aromatic carbocycles. The third-order valence-electron chi connectivity index (χ3n) is 6.21. The fourth-order valence-corrected chi connectivity index (χ4v) is 4.66. The lowest BCUT2D eigenvalue weighted by Crippen LogP contribution is -2.43. The molecule has 1 aliphatic carbocycles. The minimum atomic E-state index is -1.19. The molecular formula is C27H22ClN3O4. The molecule has 1 amide bonds. The van der Waals surface area contributed by atoms with Crippen molar-refractivity contribution in [2.45, 2.75) is 18.4 Å². The number of nitrogens with one attached hydrogen (secondary N) is 2. The molecule has 1 heterocycles. The predicted octanol–water partition coefficient (Wildman–Crippen LogP) is 5.26. The maximum Gasteiger partial charge on any atom is 0.407 e. The molecule has 7 nitrogen and oxygen atoms in total. The summed E-state index contributed by atoms with van der Waals surface area (Å²) in [4.78, 5) is 24.5. The molecule has 4 aromatic rings. The van der Waals surface area contributed by atoms with Crippen molar-refractivity contribution in [1.29, 1.82) is 0 Å². The van der Waals surface area contributed by atoms with Gasteiger partial charge in [0.1, 0.15) is 12.6 Å². The van der Waals surface area contributed by atoms with E-state index in [1.54, 1.807) is 18.3 Å². The number of fused-ring (bicyclic) bond motifs is 3. The first kappa shape index (κ1) is 22.7. The summed E-state index contributed by atoms with van der Waals surface area (Å²) in [6, 6.07) is 22.0. The molecular weight excluding hydrogens is 466 g/mol. The molecule has 1 unspecified atom stereocenters. The molecule has 176 valence electrons. The van der Waals surface area contributed by atoms with Gasteiger partial charge in [-0.25, -0.2) is 9.59 Å². The number of ether oxygens (including phenoxy) is 1. The Kier molecular flexibility index (Phi) is 6.25. The summed E-state index contributed by atoms with van der Waals surface area (Å²) in [6.45, 7) is 0.105. The van der Waals surface area contributed by atoms with Gasteiger partial charge in [0, 0.05) is 22.9 Å². The summed E-state index contributed by atoms with van der Waals surface area (Å²) >= 11 is 5.96. The molecule has 5 rings (SSSR count). The molecule has 0 spiro atoms. The number of amides is 1. The van der Waals surface area contributed by atoms with E-state index in [2.05, 4.69) is 27.6 Å². The van der Waals surface area contributed by atoms with Crippen LogP contribution >= 0.6 is 11.6 Å². The molecule has 0 radical (unpaired) electrons. The maximum absolute atomic E-state index is 12.6. The SMILES string of the molecule is O=C(NC(Cc1cn[nH]c1-c1ccc(Cl)cc1)C(=O)O)OCC1c2ccccc2-c2ccccc21. The number of nitrogens with zero attached hydrogens (tertiary/aromatic N) is 1. The van der Waals surface area contributed by atoms with Crippen LogP contribution in [0.3, 0.4) is 0 Å². The Morgan fingerprint density at radius 1 is 1.00 bits per heavy atom. The van der Waals surface area contributed by atoms with Crippen LogP contribution in [0, 0.1) is 0 Å². The number of H-pyrrole nitrogens is 1. The summed E-state index contributed by atoms with van der Waals surface area (Å²) < 4.78 is 5.52. The molecule has 0 saturated heterocycles. The molecule has 35 heavy (non-hydrogen) atoms. The molecule has 0 bridgehead atoms. The number of aromatic nitrogens is 2. The van der Waals surface area contributed by atoms with E-state index in [0.717, 1.165) is 27.8 Å². The lowest BCUT2D eigenvalue weighted by atomic mass is 9.98. The number of carboxylic acid groups (broad SMARTS) is 1. The van der Waals surface area contributed by atoms with Crippen LogP contribution in [0.4, 0.5) is 4.79 Å². The van der Waals surface area contributed by atoms with Crippen LogP contribution in [0.2, 0.25) is 5.02 Å². The Hall–Kier alpha value is -4.10. The number of carbonyl (C=O) groups excluding carboxylic acids is 1. The van der Waals surface area contributed by atoms with Crippen molar-refractivity contribution in [3.63, 3.8) is 0 Å². The summed E-state index contributed by atoms with van der Waals surface area (Å²) in [7, 11) is 0. The Balaban J connectivity index is 1.27. The number of carbonyl (C=O) groups is 2. The average Bonchev–Trinajstić information content (AvgIpc) is 3.45. The molecule has 1 aliphatic rings. The van der Waals surface area contributed by atoms with Crippen molar-refractivity contribution in [2.75, 3.05) is 6.61 Å². The number of hydrogen-bond donors (Lipinski definition) is 3. The van der Waals surface area contributed by atoms with Crippen LogP contribution in [0.15, 0.2) is 79.0 Å². The van der Waals surface area contributed by atoms with Gasteiger partial charge in [-0.2, -0.15) is 5.10 Å². The molecule has 3 N–H and O–H groups in total. The van der Waals surface area contributed by atoms with Crippen molar-refractivity contribution in [2.24, 2.45) is 0 Å². The Morgan fingerprint density at radius 3 is 2.26 bits per heavy atom. The van der Waals surface area contributed by atoms with E-state index >= 15 is 0 Å². The smallest absolute Gasteiger partial charge is 0.407 e. The first-order chi connectivity index (χ1) is 17.0. The van der Waals surface area contributed by atoms with Gasteiger partial charge in [-0.15, -0.1) is 0 Å². The Bertz CT molecular complexity index is 1340. The van der Waals surface area contributed by atoms with Crippen molar-refractivity contribution in [1.82, 2.24) is 15.5 Å². The van der Waals surface area contributed by atoms with E-state index in [-0.39, 0.29) is 18.9 Å². The standard InChI is InChI=1S/C27H22ClN3O4/c28-18-11-9-16(10-12-18)25-17(14-29-31-25)13-24(26(32)33)30-27(34)35-15-23-21-7-3-1-5-19(21)20-6-2-4-8-22(20)23/h1-12,14,23-24H,13,15H2,(H,29,31)(H,30,34)(H,32,33). The van der Waals surface area contributed by atoms with Crippen LogP contribution in [0.5, 0.6) is 0 Å². The largest absolute Gasteiger partial charge is 0.480 e. The number of aliphatic carboxylic acids is 1. The van der Waals surface area contributed by atoms with Gasteiger partial charge >= 0.3 is 12.1 Å². The fraction of sp³-hybridized carbons (Fsp3) is 0.148. The molecule has 0 aliphatic heterocycles. The zero-order valence-corrected chi connectivity index (χ0v) is 19.3. The molecule has 0 saturated carbocycles. The first-order valence-corrected chi connectivity index (χ1v) is 11.5. The minimum Gasteiger partial charge on any atom is -0.480 e. The first-order valence-electron chi connectivity index (χ1n) is 11.1. The number of aromatic amines is 1. The van der Waals surface area contributed by atoms with Gasteiger partial charge in [0.05, 0.1) is 11.9 Å². The number of benzene rings is 3. The second-order valence-electron chi connectivity index (χ2n) is 8.34. The molecule has 0 fully saturated rings. The maximum atomic E-state index is 12.6. The summed E-state index contributed by atoms with van der Waals surface area (Å²) in [5, 5.41) is 19.8. The fourth-order valence-electron chi connectivity index (χ4n) is 4.53. The Labute approximate surface area is 206 Å². The highest BCUT2D eigenvalue weighted by molar-refractivity contribution is 6.30. The van der Waals surface area contributed by atoms with Crippen LogP contribution in [0.1, 0.15) is 22.6 Å². The lowest BCUT2D eigenvalue weighted by molar-refractivity contribution is -0.139. The Morgan fingerprint density at radius 2 is 1.63 bits per heavy atom. The van der Waals surface area contributed by atoms with Gasteiger partial charge in [-0.1, -0.05) is 72.3 Å². The third kappa shape index (κ3) is 4.63. The van der Waals surface area contributed by atoms with Gasteiger partial charge in [-0.05, 0) is 39.9 Å². The highest BCUT2D eigenvalue weighted by Crippen LogP contribution is 2.44. The summed E-state index contributed by atoms with van der Waals surface area (Å²) in [6.07, 6.45) is 0.809. The highest BCUT2D eigenvalue weighted by atomic mass is 35.5. The number of hydrogen-bond acceptors (Lipinski definition) is 4. The van der Waals surface area contributed by atoms with Gasteiger partial charge in [0.15, 0.2) is 0 Å². The average molecular weight is 488 g/mol. The van der Waals surface area contributed by atoms with Crippen molar-refractivity contribution >= 4 is 23.7 Å².